The van der Waals surface area contributed by atoms with Crippen LogP contribution >= 0.6 is 0 Å². The first-order valence-corrected chi connectivity index (χ1v) is 6.35. The van der Waals surface area contributed by atoms with Crippen LogP contribution in [0.5, 0.6) is 0 Å². The second-order valence-corrected chi connectivity index (χ2v) is 5.96. The Labute approximate surface area is 97.9 Å². The normalized spacial score (nSPS) is 32.7. The molecule has 3 heteroatoms. The zero-order valence-corrected chi connectivity index (χ0v) is 10.6. The van der Waals surface area contributed by atoms with E-state index >= 15 is 0 Å². The Balaban J connectivity index is 2.13. The van der Waals surface area contributed by atoms with Crippen molar-refractivity contribution in [3.63, 3.8) is 0 Å². The van der Waals surface area contributed by atoms with E-state index in [0.29, 0.717) is 0 Å². The molecule has 16 heavy (non-hydrogen) atoms. The Morgan fingerprint density at radius 3 is 2.50 bits per heavy atom. The van der Waals surface area contributed by atoms with Crippen LogP contribution in [0.15, 0.2) is 0 Å². The Morgan fingerprint density at radius 1 is 1.38 bits per heavy atom. The second kappa shape index (κ2) is 4.02. The van der Waals surface area contributed by atoms with Gasteiger partial charge in [0.2, 0.25) is 0 Å². The molecule has 2 aliphatic carbocycles. The summed E-state index contributed by atoms with van der Waals surface area (Å²) >= 11 is 0. The predicted octanol–water partition coefficient (Wildman–Crippen LogP) is 2.11. The highest BCUT2D eigenvalue weighted by Crippen LogP contribution is 2.47. The number of esters is 1. The summed E-state index contributed by atoms with van der Waals surface area (Å²) in [6.45, 7) is 5.33. The van der Waals surface area contributed by atoms with Crippen LogP contribution in [0, 0.1) is 11.3 Å². The van der Waals surface area contributed by atoms with Crippen molar-refractivity contribution in [2.24, 2.45) is 11.3 Å². The molecule has 1 atom stereocenters. The monoisotopic (exact) mass is 225 g/mol. The summed E-state index contributed by atoms with van der Waals surface area (Å²) in [4.78, 5) is 12.1. The van der Waals surface area contributed by atoms with Gasteiger partial charge in [-0.15, -0.1) is 0 Å². The van der Waals surface area contributed by atoms with E-state index in [1.165, 1.54) is 20.0 Å². The number of carbonyl (C=O) groups is 1. The lowest BCUT2D eigenvalue weighted by Gasteiger charge is -2.39. The van der Waals surface area contributed by atoms with E-state index in [1.807, 2.05) is 0 Å². The number of ether oxygens (including phenoxy) is 1. The molecule has 2 aliphatic rings. The zero-order valence-electron chi connectivity index (χ0n) is 10.6. The minimum Gasteiger partial charge on any atom is -0.468 e. The molecule has 0 aromatic rings. The molecule has 2 rings (SSSR count). The fraction of sp³-hybridized carbons (Fsp3) is 0.923. The van der Waals surface area contributed by atoms with Gasteiger partial charge in [-0.1, -0.05) is 20.3 Å². The molecule has 0 saturated heterocycles. The third kappa shape index (κ3) is 1.86. The van der Waals surface area contributed by atoms with Gasteiger partial charge in [0.05, 0.1) is 7.11 Å². The van der Waals surface area contributed by atoms with Crippen LogP contribution in [-0.2, 0) is 9.53 Å². The van der Waals surface area contributed by atoms with Gasteiger partial charge in [0.25, 0.3) is 0 Å². The summed E-state index contributed by atoms with van der Waals surface area (Å²) in [5.41, 5.74) is -0.431. The number of methoxy groups -OCH3 is 1. The third-order valence-electron chi connectivity index (χ3n) is 4.43. The van der Waals surface area contributed by atoms with Crippen molar-refractivity contribution in [3.8, 4) is 0 Å². The minimum absolute atomic E-state index is 0.00891. The van der Waals surface area contributed by atoms with E-state index < -0.39 is 5.54 Å². The summed E-state index contributed by atoms with van der Waals surface area (Å²) in [5, 5.41) is 3.52. The number of nitrogens with one attached hydrogen (secondary N) is 1. The molecule has 2 saturated carbocycles. The van der Waals surface area contributed by atoms with Gasteiger partial charge in [-0.2, -0.15) is 0 Å². The van der Waals surface area contributed by atoms with Gasteiger partial charge >= 0.3 is 5.97 Å². The summed E-state index contributed by atoms with van der Waals surface area (Å²) in [5.74, 6) is 0.716. The third-order valence-corrected chi connectivity index (χ3v) is 4.43. The highest BCUT2D eigenvalue weighted by molar-refractivity contribution is 5.82. The average molecular weight is 225 g/mol. The largest absolute Gasteiger partial charge is 0.468 e. The first kappa shape index (κ1) is 11.9. The quantitative estimate of drug-likeness (QED) is 0.745. The van der Waals surface area contributed by atoms with Gasteiger partial charge in [-0.05, 0) is 43.6 Å². The molecule has 0 aromatic carbocycles. The zero-order chi connectivity index (χ0) is 11.8. The van der Waals surface area contributed by atoms with Crippen molar-refractivity contribution >= 4 is 5.97 Å². The molecule has 0 radical (unpaired) electrons. The summed E-state index contributed by atoms with van der Waals surface area (Å²) in [7, 11) is 1.50. The highest BCUT2D eigenvalue weighted by Gasteiger charge is 2.55. The molecule has 2 fully saturated rings. The smallest absolute Gasteiger partial charge is 0.326 e. The van der Waals surface area contributed by atoms with Crippen LogP contribution in [0.3, 0.4) is 0 Å². The number of rotatable bonds is 4. The second-order valence-electron chi connectivity index (χ2n) is 5.96. The Kier molecular flexibility index (Phi) is 2.99. The van der Waals surface area contributed by atoms with E-state index in [0.717, 1.165) is 31.7 Å². The molecule has 0 bridgehead atoms. The fourth-order valence-electron chi connectivity index (χ4n) is 2.94. The lowest BCUT2D eigenvalue weighted by Crippen LogP contribution is -2.59. The van der Waals surface area contributed by atoms with Crippen molar-refractivity contribution in [3.05, 3.63) is 0 Å². The maximum Gasteiger partial charge on any atom is 0.326 e. The van der Waals surface area contributed by atoms with Crippen molar-refractivity contribution in [2.75, 3.05) is 13.7 Å². The van der Waals surface area contributed by atoms with Gasteiger partial charge in [-0.3, -0.25) is 4.79 Å². The first-order valence-electron chi connectivity index (χ1n) is 6.35. The number of hydrogen-bond donors (Lipinski definition) is 1. The Morgan fingerprint density at radius 2 is 2.06 bits per heavy atom. The molecule has 92 valence electrons. The van der Waals surface area contributed by atoms with E-state index in [2.05, 4.69) is 19.2 Å². The SMILES string of the molecule is COC(=O)C1(NCC2CC2)CCCC1(C)C. The van der Waals surface area contributed by atoms with Crippen LogP contribution in [0.1, 0.15) is 46.0 Å². The molecule has 1 N–H and O–H groups in total. The van der Waals surface area contributed by atoms with Gasteiger partial charge in [0.15, 0.2) is 0 Å². The van der Waals surface area contributed by atoms with E-state index in [1.54, 1.807) is 0 Å². The lowest BCUT2D eigenvalue weighted by molar-refractivity contribution is -0.153. The Hall–Kier alpha value is -0.570. The molecule has 0 aliphatic heterocycles. The van der Waals surface area contributed by atoms with Crippen molar-refractivity contribution in [2.45, 2.75) is 51.5 Å². The van der Waals surface area contributed by atoms with Crippen molar-refractivity contribution < 1.29 is 9.53 Å². The summed E-state index contributed by atoms with van der Waals surface area (Å²) in [6.07, 6.45) is 5.74. The van der Waals surface area contributed by atoms with Crippen LogP contribution in [-0.4, -0.2) is 25.2 Å². The molecule has 0 spiro atoms. The van der Waals surface area contributed by atoms with Crippen LogP contribution in [0.25, 0.3) is 0 Å². The molecular weight excluding hydrogens is 202 g/mol. The summed E-state index contributed by atoms with van der Waals surface area (Å²) < 4.78 is 5.02. The molecule has 0 amide bonds. The topological polar surface area (TPSA) is 38.3 Å². The van der Waals surface area contributed by atoms with Gasteiger partial charge in [0.1, 0.15) is 5.54 Å². The van der Waals surface area contributed by atoms with E-state index in [9.17, 15) is 4.79 Å². The van der Waals surface area contributed by atoms with Gasteiger partial charge in [0, 0.05) is 0 Å². The maximum atomic E-state index is 12.1. The van der Waals surface area contributed by atoms with Crippen molar-refractivity contribution in [1.29, 1.82) is 0 Å². The lowest BCUT2D eigenvalue weighted by atomic mass is 9.74. The molecule has 1 unspecified atom stereocenters. The molecule has 0 heterocycles. The van der Waals surface area contributed by atoms with Gasteiger partial charge < -0.3 is 10.1 Å². The first-order chi connectivity index (χ1) is 7.52. The van der Waals surface area contributed by atoms with Crippen LogP contribution in [0.4, 0.5) is 0 Å². The number of hydrogen-bond acceptors (Lipinski definition) is 3. The van der Waals surface area contributed by atoms with E-state index in [-0.39, 0.29) is 11.4 Å². The predicted molar refractivity (Wildman–Crippen MR) is 63.1 cm³/mol. The van der Waals surface area contributed by atoms with E-state index in [4.69, 9.17) is 4.74 Å². The molecule has 0 aromatic heterocycles. The fourth-order valence-corrected chi connectivity index (χ4v) is 2.94. The highest BCUT2D eigenvalue weighted by atomic mass is 16.5. The Bertz CT molecular complexity index is 284. The maximum absolute atomic E-state index is 12.1. The molecular formula is C13H23NO2. The van der Waals surface area contributed by atoms with Crippen molar-refractivity contribution in [1.82, 2.24) is 5.32 Å². The minimum atomic E-state index is -0.440. The standard InChI is InChI=1S/C13H23NO2/c1-12(2)7-4-8-13(12,11(15)16-3)14-9-10-5-6-10/h10,14H,4-9H2,1-3H3. The summed E-state index contributed by atoms with van der Waals surface area (Å²) in [6, 6.07) is 0. The van der Waals surface area contributed by atoms with Gasteiger partial charge in [-0.25, -0.2) is 0 Å². The molecule has 3 nitrogen and oxygen atoms in total. The average Bonchev–Trinajstić information content (AvgIpc) is 3.01. The number of carbonyl (C=O) groups excluding carboxylic acids is 1. The van der Waals surface area contributed by atoms with Crippen LogP contribution in [0.2, 0.25) is 0 Å². The van der Waals surface area contributed by atoms with Crippen LogP contribution < -0.4 is 5.32 Å².